The molecular weight excluding hydrogens is 376 g/mol. The van der Waals surface area contributed by atoms with E-state index in [2.05, 4.69) is 57.3 Å². The second kappa shape index (κ2) is 8.63. The summed E-state index contributed by atoms with van der Waals surface area (Å²) in [5, 5.41) is 3.13. The van der Waals surface area contributed by atoms with Crippen molar-refractivity contribution < 1.29 is 4.79 Å². The zero-order valence-electron chi connectivity index (χ0n) is 14.7. The molecule has 1 unspecified atom stereocenters. The molecule has 1 fully saturated rings. The van der Waals surface area contributed by atoms with Crippen LogP contribution < -0.4 is 5.32 Å². The highest BCUT2D eigenvalue weighted by atomic mass is 79.9. The monoisotopic (exact) mass is 400 g/mol. The van der Waals surface area contributed by atoms with Gasteiger partial charge in [-0.3, -0.25) is 9.69 Å². The molecule has 1 aliphatic heterocycles. The van der Waals surface area contributed by atoms with E-state index in [1.807, 2.05) is 24.3 Å². The second-order valence-corrected chi connectivity index (χ2v) is 7.66. The van der Waals surface area contributed by atoms with Gasteiger partial charge in [0.05, 0.1) is 6.04 Å². The molecule has 1 heterocycles. The van der Waals surface area contributed by atoms with Gasteiger partial charge in [0, 0.05) is 16.6 Å². The Bertz CT molecular complexity index is 691. The number of aryl methyl sites for hydroxylation is 1. The van der Waals surface area contributed by atoms with Gasteiger partial charge in [-0.25, -0.2) is 0 Å². The van der Waals surface area contributed by atoms with Crippen LogP contribution in [0, 0.1) is 6.92 Å². The molecule has 1 saturated heterocycles. The molecule has 2 aromatic carbocycles. The number of rotatable bonds is 5. The Balaban J connectivity index is 1.71. The Kier molecular flexibility index (Phi) is 6.27. The third-order valence-electron chi connectivity index (χ3n) is 4.86. The highest BCUT2D eigenvalue weighted by Crippen LogP contribution is 2.24. The van der Waals surface area contributed by atoms with E-state index >= 15 is 0 Å². The summed E-state index contributed by atoms with van der Waals surface area (Å²) in [5.74, 6) is -0.0124. The van der Waals surface area contributed by atoms with E-state index in [1.165, 1.54) is 30.4 Å². The van der Waals surface area contributed by atoms with Crippen molar-refractivity contribution in [3.63, 3.8) is 0 Å². The quantitative estimate of drug-likeness (QED) is 0.787. The summed E-state index contributed by atoms with van der Waals surface area (Å²) in [7, 11) is 0. The van der Waals surface area contributed by atoms with Crippen molar-refractivity contribution in [2.45, 2.75) is 32.2 Å². The van der Waals surface area contributed by atoms with Crippen LogP contribution in [0.1, 0.15) is 46.8 Å². The SMILES string of the molecule is Cc1ccc(C(CNC(=O)c2ccc(Br)cc2)N2CCCCC2)cc1. The Morgan fingerprint density at radius 1 is 1.04 bits per heavy atom. The first kappa shape index (κ1) is 18.2. The number of piperidine rings is 1. The molecule has 1 amide bonds. The highest BCUT2D eigenvalue weighted by molar-refractivity contribution is 9.10. The zero-order valence-corrected chi connectivity index (χ0v) is 16.3. The zero-order chi connectivity index (χ0) is 17.6. The number of halogens is 1. The first-order valence-electron chi connectivity index (χ1n) is 8.98. The van der Waals surface area contributed by atoms with Crippen LogP contribution in [0.4, 0.5) is 0 Å². The van der Waals surface area contributed by atoms with Gasteiger partial charge in [-0.2, -0.15) is 0 Å². The molecule has 0 saturated carbocycles. The number of nitrogens with zero attached hydrogens (tertiary/aromatic N) is 1. The third-order valence-corrected chi connectivity index (χ3v) is 5.38. The number of carbonyl (C=O) groups excluding carboxylic acids is 1. The van der Waals surface area contributed by atoms with E-state index in [-0.39, 0.29) is 11.9 Å². The molecule has 0 bridgehead atoms. The van der Waals surface area contributed by atoms with E-state index in [4.69, 9.17) is 0 Å². The molecule has 25 heavy (non-hydrogen) atoms. The molecular formula is C21H25BrN2O. The first-order valence-corrected chi connectivity index (χ1v) is 9.77. The number of hydrogen-bond acceptors (Lipinski definition) is 2. The second-order valence-electron chi connectivity index (χ2n) is 6.74. The number of hydrogen-bond donors (Lipinski definition) is 1. The van der Waals surface area contributed by atoms with Crippen LogP contribution in [0.3, 0.4) is 0 Å². The number of benzene rings is 2. The number of carbonyl (C=O) groups is 1. The van der Waals surface area contributed by atoms with E-state index < -0.39 is 0 Å². The molecule has 1 aliphatic rings. The van der Waals surface area contributed by atoms with Gasteiger partial charge in [0.25, 0.3) is 5.91 Å². The summed E-state index contributed by atoms with van der Waals surface area (Å²) in [6, 6.07) is 16.4. The molecule has 1 atom stereocenters. The minimum Gasteiger partial charge on any atom is -0.350 e. The normalized spacial score (nSPS) is 16.4. The molecule has 0 spiro atoms. The van der Waals surface area contributed by atoms with E-state index in [1.54, 1.807) is 0 Å². The molecule has 1 N–H and O–H groups in total. The fourth-order valence-electron chi connectivity index (χ4n) is 3.37. The molecule has 0 aliphatic carbocycles. The molecule has 0 radical (unpaired) electrons. The minimum absolute atomic E-state index is 0.0124. The average molecular weight is 401 g/mol. The predicted molar refractivity (Wildman–Crippen MR) is 106 cm³/mol. The summed E-state index contributed by atoms with van der Waals surface area (Å²) >= 11 is 3.41. The maximum absolute atomic E-state index is 12.5. The van der Waals surface area contributed by atoms with Gasteiger partial charge in [0.1, 0.15) is 0 Å². The Labute approximate surface area is 158 Å². The summed E-state index contributed by atoms with van der Waals surface area (Å²) in [4.78, 5) is 15.0. The van der Waals surface area contributed by atoms with Crippen LogP contribution in [-0.2, 0) is 0 Å². The van der Waals surface area contributed by atoms with E-state index in [0.29, 0.717) is 12.1 Å². The Morgan fingerprint density at radius 3 is 2.32 bits per heavy atom. The third kappa shape index (κ3) is 4.93. The van der Waals surface area contributed by atoms with Crippen molar-refractivity contribution in [3.05, 3.63) is 69.7 Å². The van der Waals surface area contributed by atoms with Crippen molar-refractivity contribution in [1.29, 1.82) is 0 Å². The van der Waals surface area contributed by atoms with Crippen LogP contribution in [0.25, 0.3) is 0 Å². The maximum atomic E-state index is 12.5. The lowest BCUT2D eigenvalue weighted by molar-refractivity contribution is 0.0924. The number of amides is 1. The molecule has 3 nitrogen and oxygen atoms in total. The van der Waals surface area contributed by atoms with Crippen molar-refractivity contribution in [2.75, 3.05) is 19.6 Å². The van der Waals surface area contributed by atoms with Gasteiger partial charge >= 0.3 is 0 Å². The molecule has 2 aromatic rings. The van der Waals surface area contributed by atoms with Crippen LogP contribution in [0.5, 0.6) is 0 Å². The molecule has 0 aromatic heterocycles. The topological polar surface area (TPSA) is 32.3 Å². The van der Waals surface area contributed by atoms with Crippen molar-refractivity contribution in [1.82, 2.24) is 10.2 Å². The minimum atomic E-state index is -0.0124. The van der Waals surface area contributed by atoms with Gasteiger partial charge in [0.15, 0.2) is 0 Å². The highest BCUT2D eigenvalue weighted by Gasteiger charge is 2.23. The summed E-state index contributed by atoms with van der Waals surface area (Å²) < 4.78 is 0.981. The van der Waals surface area contributed by atoms with E-state index in [9.17, 15) is 4.79 Å². The van der Waals surface area contributed by atoms with Crippen molar-refractivity contribution >= 4 is 21.8 Å². The van der Waals surface area contributed by atoms with Crippen LogP contribution in [0.2, 0.25) is 0 Å². The lowest BCUT2D eigenvalue weighted by Crippen LogP contribution is -2.40. The average Bonchev–Trinajstić information content (AvgIpc) is 2.64. The van der Waals surface area contributed by atoms with Crippen LogP contribution in [-0.4, -0.2) is 30.4 Å². The lowest BCUT2D eigenvalue weighted by Gasteiger charge is -2.35. The van der Waals surface area contributed by atoms with Crippen molar-refractivity contribution in [2.24, 2.45) is 0 Å². The van der Waals surface area contributed by atoms with Gasteiger partial charge in [-0.15, -0.1) is 0 Å². The lowest BCUT2D eigenvalue weighted by atomic mass is 10.0. The fraction of sp³-hybridized carbons (Fsp3) is 0.381. The van der Waals surface area contributed by atoms with Gasteiger partial charge in [-0.05, 0) is 62.7 Å². The smallest absolute Gasteiger partial charge is 0.251 e. The summed E-state index contributed by atoms with van der Waals surface area (Å²) in [5.41, 5.74) is 3.24. The Hall–Kier alpha value is -1.65. The molecule has 132 valence electrons. The van der Waals surface area contributed by atoms with Crippen LogP contribution >= 0.6 is 15.9 Å². The maximum Gasteiger partial charge on any atom is 0.251 e. The largest absolute Gasteiger partial charge is 0.350 e. The number of nitrogens with one attached hydrogen (secondary N) is 1. The molecule has 4 heteroatoms. The van der Waals surface area contributed by atoms with Gasteiger partial charge in [0.2, 0.25) is 0 Å². The fourth-order valence-corrected chi connectivity index (χ4v) is 3.63. The summed E-state index contributed by atoms with van der Waals surface area (Å²) in [6.07, 6.45) is 3.79. The molecule has 3 rings (SSSR count). The van der Waals surface area contributed by atoms with Gasteiger partial charge in [-0.1, -0.05) is 52.2 Å². The first-order chi connectivity index (χ1) is 12.1. The summed E-state index contributed by atoms with van der Waals surface area (Å²) in [6.45, 7) is 4.95. The Morgan fingerprint density at radius 2 is 1.68 bits per heavy atom. The standard InChI is InChI=1S/C21H25BrN2O/c1-16-5-7-17(8-6-16)20(24-13-3-2-4-14-24)15-23-21(25)18-9-11-19(22)12-10-18/h5-12,20H,2-4,13-15H2,1H3,(H,23,25). The predicted octanol–water partition coefficient (Wildman–Crippen LogP) is 4.71. The number of likely N-dealkylation sites (tertiary alicyclic amines) is 1. The van der Waals surface area contributed by atoms with Crippen LogP contribution in [0.15, 0.2) is 53.0 Å². The van der Waals surface area contributed by atoms with Gasteiger partial charge < -0.3 is 5.32 Å². The van der Waals surface area contributed by atoms with E-state index in [0.717, 1.165) is 17.6 Å². The van der Waals surface area contributed by atoms with Crippen molar-refractivity contribution in [3.8, 4) is 0 Å².